The number of carbonyl (C=O) groups is 1. The molecular weight excluding hydrogens is 424 g/mol. The van der Waals surface area contributed by atoms with Crippen molar-refractivity contribution < 1.29 is 22.7 Å². The molecule has 0 unspecified atom stereocenters. The minimum atomic E-state index is -3.76. The second-order valence-corrected chi connectivity index (χ2v) is 8.58. The minimum absolute atomic E-state index is 0.0165. The second kappa shape index (κ2) is 8.79. The Kier molecular flexibility index (Phi) is 5.93. The molecule has 0 radical (unpaired) electrons. The van der Waals surface area contributed by atoms with Gasteiger partial charge in [0.1, 0.15) is 12.1 Å². The summed E-state index contributed by atoms with van der Waals surface area (Å²) < 4.78 is 39.2. The smallest absolute Gasteiger partial charge is 0.259 e. The van der Waals surface area contributed by atoms with Crippen molar-refractivity contribution in [3.8, 4) is 11.4 Å². The number of carbonyl (C=O) groups excluding carboxylic acids is 1. The summed E-state index contributed by atoms with van der Waals surface area (Å²) in [5.41, 5.74) is 1.24. The number of benzene rings is 2. The van der Waals surface area contributed by atoms with E-state index in [1.165, 1.54) is 40.6 Å². The summed E-state index contributed by atoms with van der Waals surface area (Å²) in [6.07, 6.45) is 1.43. The van der Waals surface area contributed by atoms with Crippen molar-refractivity contribution in [1.29, 1.82) is 0 Å². The van der Waals surface area contributed by atoms with E-state index in [4.69, 9.17) is 9.47 Å². The Morgan fingerprint density at radius 1 is 1.16 bits per heavy atom. The fourth-order valence-electron chi connectivity index (χ4n) is 3.17. The SMILES string of the molecule is COc1ccc(S(=O)(=O)N2CCOCC2)cc1C(=O)Nc1cccc(-n2cnnn2)c1. The van der Waals surface area contributed by atoms with Gasteiger partial charge < -0.3 is 14.8 Å². The normalized spacial score (nSPS) is 14.9. The third-order valence-corrected chi connectivity index (χ3v) is 6.64. The third-order valence-electron chi connectivity index (χ3n) is 4.74. The van der Waals surface area contributed by atoms with Crippen molar-refractivity contribution in [3.05, 3.63) is 54.4 Å². The number of tetrazole rings is 1. The van der Waals surface area contributed by atoms with Crippen LogP contribution in [-0.2, 0) is 14.8 Å². The molecule has 0 atom stereocenters. The van der Waals surface area contributed by atoms with Gasteiger partial charge in [0.15, 0.2) is 0 Å². The lowest BCUT2D eigenvalue weighted by molar-refractivity contribution is 0.0730. The van der Waals surface area contributed by atoms with E-state index in [0.717, 1.165) is 0 Å². The molecule has 11 nitrogen and oxygen atoms in total. The Hall–Kier alpha value is -3.35. The zero-order chi connectivity index (χ0) is 21.8. The third kappa shape index (κ3) is 4.40. The maximum absolute atomic E-state index is 13.0. The van der Waals surface area contributed by atoms with Crippen LogP contribution >= 0.6 is 0 Å². The van der Waals surface area contributed by atoms with Gasteiger partial charge >= 0.3 is 0 Å². The molecule has 1 amide bonds. The maximum Gasteiger partial charge on any atom is 0.259 e. The molecular formula is C19H20N6O5S. The molecule has 1 aromatic heterocycles. The molecule has 1 N–H and O–H groups in total. The number of amides is 1. The first-order valence-corrected chi connectivity index (χ1v) is 10.8. The molecule has 0 saturated carbocycles. The molecule has 1 saturated heterocycles. The molecule has 2 heterocycles. The lowest BCUT2D eigenvalue weighted by Crippen LogP contribution is -2.40. The van der Waals surface area contributed by atoms with Crippen LogP contribution < -0.4 is 10.1 Å². The number of methoxy groups -OCH3 is 1. The largest absolute Gasteiger partial charge is 0.496 e. The van der Waals surface area contributed by atoms with Crippen molar-refractivity contribution in [3.63, 3.8) is 0 Å². The highest BCUT2D eigenvalue weighted by Gasteiger charge is 2.28. The van der Waals surface area contributed by atoms with E-state index in [1.54, 1.807) is 24.3 Å². The highest BCUT2D eigenvalue weighted by Crippen LogP contribution is 2.26. The summed E-state index contributed by atoms with van der Waals surface area (Å²) in [7, 11) is -2.34. The van der Waals surface area contributed by atoms with Gasteiger partial charge in [-0.3, -0.25) is 4.79 Å². The number of morpholine rings is 1. The van der Waals surface area contributed by atoms with Crippen LogP contribution in [0.5, 0.6) is 5.75 Å². The van der Waals surface area contributed by atoms with Crippen molar-refractivity contribution in [1.82, 2.24) is 24.5 Å². The first-order valence-electron chi connectivity index (χ1n) is 9.40. The first kappa shape index (κ1) is 20.9. The number of hydrogen-bond acceptors (Lipinski definition) is 8. The van der Waals surface area contributed by atoms with E-state index in [0.29, 0.717) is 24.6 Å². The minimum Gasteiger partial charge on any atom is -0.496 e. The zero-order valence-corrected chi connectivity index (χ0v) is 17.4. The summed E-state index contributed by atoms with van der Waals surface area (Å²) in [6, 6.07) is 11.1. The Labute approximate surface area is 178 Å². The fourth-order valence-corrected chi connectivity index (χ4v) is 4.60. The van der Waals surface area contributed by atoms with Crippen LogP contribution in [0.1, 0.15) is 10.4 Å². The average molecular weight is 444 g/mol. The standard InChI is InChI=1S/C19H20N6O5S/c1-29-18-6-5-16(31(27,28)24-7-9-30-10-8-24)12-17(18)19(26)21-14-3-2-4-15(11-14)25-13-20-22-23-25/h2-6,11-13H,7-10H2,1H3,(H,21,26). The summed E-state index contributed by atoms with van der Waals surface area (Å²) in [4.78, 5) is 13.0. The van der Waals surface area contributed by atoms with Gasteiger partial charge in [0, 0.05) is 18.8 Å². The summed E-state index contributed by atoms with van der Waals surface area (Å²) in [5, 5.41) is 13.8. The van der Waals surface area contributed by atoms with E-state index < -0.39 is 15.9 Å². The number of nitrogens with one attached hydrogen (secondary N) is 1. The molecule has 0 aliphatic carbocycles. The molecule has 162 valence electrons. The number of anilines is 1. The van der Waals surface area contributed by atoms with Crippen LogP contribution in [0.2, 0.25) is 0 Å². The van der Waals surface area contributed by atoms with Gasteiger partial charge in [0.25, 0.3) is 5.91 Å². The van der Waals surface area contributed by atoms with Crippen LogP contribution in [0.4, 0.5) is 5.69 Å². The van der Waals surface area contributed by atoms with Gasteiger partial charge in [0.2, 0.25) is 10.0 Å². The van der Waals surface area contributed by atoms with E-state index in [2.05, 4.69) is 20.8 Å². The van der Waals surface area contributed by atoms with Crippen molar-refractivity contribution in [2.75, 3.05) is 38.7 Å². The number of hydrogen-bond donors (Lipinski definition) is 1. The molecule has 2 aromatic carbocycles. The topological polar surface area (TPSA) is 129 Å². The van der Waals surface area contributed by atoms with E-state index in [1.807, 2.05) is 0 Å². The van der Waals surface area contributed by atoms with Crippen LogP contribution in [-0.4, -0.2) is 72.3 Å². The molecule has 1 aliphatic rings. The van der Waals surface area contributed by atoms with Crippen molar-refractivity contribution in [2.24, 2.45) is 0 Å². The summed E-state index contributed by atoms with van der Waals surface area (Å²) in [6.45, 7) is 1.19. The predicted molar refractivity (Wildman–Crippen MR) is 110 cm³/mol. The van der Waals surface area contributed by atoms with Crippen molar-refractivity contribution >= 4 is 21.6 Å². The fraction of sp³-hybridized carbons (Fsp3) is 0.263. The molecule has 0 bridgehead atoms. The zero-order valence-electron chi connectivity index (χ0n) is 16.6. The molecule has 1 aliphatic heterocycles. The van der Waals surface area contributed by atoms with Crippen molar-refractivity contribution in [2.45, 2.75) is 4.90 Å². The Morgan fingerprint density at radius 3 is 2.68 bits per heavy atom. The van der Waals surface area contributed by atoms with E-state index in [9.17, 15) is 13.2 Å². The second-order valence-electron chi connectivity index (χ2n) is 6.64. The molecule has 0 spiro atoms. The quantitative estimate of drug-likeness (QED) is 0.595. The lowest BCUT2D eigenvalue weighted by Gasteiger charge is -2.26. The summed E-state index contributed by atoms with van der Waals surface area (Å²) >= 11 is 0. The monoisotopic (exact) mass is 444 g/mol. The Bertz CT molecular complexity index is 1180. The van der Waals surface area contributed by atoms with Gasteiger partial charge in [-0.25, -0.2) is 13.1 Å². The highest BCUT2D eigenvalue weighted by atomic mass is 32.2. The van der Waals surface area contributed by atoms with Gasteiger partial charge in [-0.1, -0.05) is 6.07 Å². The van der Waals surface area contributed by atoms with Crippen LogP contribution in [0.15, 0.2) is 53.7 Å². The van der Waals surface area contributed by atoms with Gasteiger partial charge in [-0.2, -0.15) is 4.31 Å². The average Bonchev–Trinajstić information content (AvgIpc) is 3.34. The van der Waals surface area contributed by atoms with Crippen LogP contribution in [0, 0.1) is 0 Å². The lowest BCUT2D eigenvalue weighted by atomic mass is 10.1. The molecule has 3 aromatic rings. The molecule has 12 heteroatoms. The van der Waals surface area contributed by atoms with Gasteiger partial charge in [0.05, 0.1) is 36.5 Å². The molecule has 4 rings (SSSR count). The number of ether oxygens (including phenoxy) is 2. The van der Waals surface area contributed by atoms with Gasteiger partial charge in [-0.15, -0.1) is 5.10 Å². The van der Waals surface area contributed by atoms with Crippen LogP contribution in [0.3, 0.4) is 0 Å². The molecule has 1 fully saturated rings. The molecule has 31 heavy (non-hydrogen) atoms. The first-order chi connectivity index (χ1) is 15.0. The van der Waals surface area contributed by atoms with E-state index in [-0.39, 0.29) is 29.3 Å². The van der Waals surface area contributed by atoms with Crippen LogP contribution in [0.25, 0.3) is 5.69 Å². The number of aromatic nitrogens is 4. The number of rotatable bonds is 6. The van der Waals surface area contributed by atoms with Gasteiger partial charge in [-0.05, 0) is 46.8 Å². The number of sulfonamides is 1. The Morgan fingerprint density at radius 2 is 1.97 bits per heavy atom. The Balaban J connectivity index is 1.62. The predicted octanol–water partition coefficient (Wildman–Crippen LogP) is 0.944. The number of nitrogens with zero attached hydrogens (tertiary/aromatic N) is 5. The maximum atomic E-state index is 13.0. The van der Waals surface area contributed by atoms with E-state index >= 15 is 0 Å². The summed E-state index contributed by atoms with van der Waals surface area (Å²) in [5.74, 6) is -0.250. The highest BCUT2D eigenvalue weighted by molar-refractivity contribution is 7.89.